The van der Waals surface area contributed by atoms with Gasteiger partial charge in [-0.2, -0.15) is 13.2 Å². The van der Waals surface area contributed by atoms with Crippen molar-refractivity contribution in [2.24, 2.45) is 0 Å². The first-order chi connectivity index (χ1) is 23.1. The van der Waals surface area contributed by atoms with E-state index in [9.17, 15) is 30.9 Å². The smallest absolute Gasteiger partial charge is 0.422 e. The van der Waals surface area contributed by atoms with Gasteiger partial charge in [0.05, 0.1) is 13.2 Å². The second-order valence-electron chi connectivity index (χ2n) is 11.3. The van der Waals surface area contributed by atoms with Crippen molar-refractivity contribution in [3.63, 3.8) is 0 Å². The minimum absolute atomic E-state index is 0.0987. The van der Waals surface area contributed by atoms with Crippen molar-refractivity contribution in [1.29, 1.82) is 0 Å². The van der Waals surface area contributed by atoms with Crippen LogP contribution in [0.15, 0.2) is 78.9 Å². The van der Waals surface area contributed by atoms with Gasteiger partial charge < -0.3 is 9.47 Å². The van der Waals surface area contributed by atoms with E-state index in [0.29, 0.717) is 17.7 Å². The van der Waals surface area contributed by atoms with Gasteiger partial charge in [-0.25, -0.2) is 13.2 Å². The minimum Gasteiger partial charge on any atom is -0.493 e. The Morgan fingerprint density at radius 1 is 0.542 bits per heavy atom. The highest BCUT2D eigenvalue weighted by Crippen LogP contribution is 2.36. The van der Waals surface area contributed by atoms with Crippen LogP contribution in [-0.2, 0) is 12.9 Å². The van der Waals surface area contributed by atoms with Crippen LogP contribution in [-0.4, -0.2) is 13.2 Å². The molecule has 0 bridgehead atoms. The first kappa shape index (κ1) is 38.2. The van der Waals surface area contributed by atoms with Crippen molar-refractivity contribution in [2.45, 2.75) is 78.1 Å². The standard InChI is InChI=1S/C25H35FO2.C13H6F6O/c1-3-5-7-9-15-27-24-17-23(22-13-11-21(20-26)12-14-22)18-25(19-24)28-16-10-8-6-4-2;14-10-5-8(6-11(15)12(10)13(16,17)18)7-1-3-9(20-19)4-2-7/h11-14,17-19H,3-10,15-16,20H2,1-2H3;1-6H. The Hall–Kier alpha value is -4.21. The van der Waals surface area contributed by atoms with Crippen molar-refractivity contribution in [1.82, 2.24) is 0 Å². The molecule has 0 aliphatic heterocycles. The number of benzene rings is 4. The normalized spacial score (nSPS) is 11.1. The van der Waals surface area contributed by atoms with Crippen molar-refractivity contribution in [3.05, 3.63) is 102 Å². The van der Waals surface area contributed by atoms with Crippen LogP contribution in [0.3, 0.4) is 0 Å². The summed E-state index contributed by atoms with van der Waals surface area (Å²) >= 11 is 0. The largest absolute Gasteiger partial charge is 0.493 e. The first-order valence-corrected chi connectivity index (χ1v) is 16.1. The van der Waals surface area contributed by atoms with Crippen molar-refractivity contribution < 1.29 is 45.3 Å². The van der Waals surface area contributed by atoms with Crippen LogP contribution in [0, 0.1) is 11.6 Å². The third kappa shape index (κ3) is 12.1. The van der Waals surface area contributed by atoms with E-state index in [2.05, 4.69) is 18.8 Å². The molecule has 0 amide bonds. The molecule has 3 nitrogen and oxygen atoms in total. The van der Waals surface area contributed by atoms with E-state index in [0.717, 1.165) is 48.7 Å². The molecule has 0 unspecified atom stereocenters. The molecule has 48 heavy (non-hydrogen) atoms. The SMILES string of the molecule is CCCCCCOc1cc(OCCCCCC)cc(-c2ccc(CF)cc2)c1.FOc1ccc(-c2cc(F)c(C(F)(F)F)c(F)c2)cc1. The molecular weight excluding hydrogens is 637 g/mol. The maximum atomic E-state index is 13.4. The fraction of sp³-hybridized carbons (Fsp3) is 0.368. The zero-order valence-corrected chi connectivity index (χ0v) is 27.2. The number of hydrogen-bond donors (Lipinski definition) is 0. The zero-order chi connectivity index (χ0) is 34.9. The quantitative estimate of drug-likeness (QED) is 0.0872. The third-order valence-corrected chi connectivity index (χ3v) is 7.46. The van der Waals surface area contributed by atoms with Crippen LogP contribution in [0.2, 0.25) is 0 Å². The van der Waals surface area contributed by atoms with Gasteiger partial charge in [-0.3, -0.25) is 4.94 Å². The summed E-state index contributed by atoms with van der Waals surface area (Å²) in [4.78, 5) is 3.42. The number of ether oxygens (including phenoxy) is 2. The van der Waals surface area contributed by atoms with Gasteiger partial charge in [0, 0.05) is 10.6 Å². The molecule has 0 aliphatic carbocycles. The van der Waals surface area contributed by atoms with Crippen molar-refractivity contribution in [2.75, 3.05) is 13.2 Å². The molecule has 0 saturated heterocycles. The number of unbranched alkanes of at least 4 members (excludes halogenated alkanes) is 6. The van der Waals surface area contributed by atoms with E-state index >= 15 is 0 Å². The highest BCUT2D eigenvalue weighted by atomic mass is 19.4. The van der Waals surface area contributed by atoms with Crippen LogP contribution in [0.5, 0.6) is 17.2 Å². The van der Waals surface area contributed by atoms with Crippen LogP contribution >= 0.6 is 0 Å². The molecular formula is C38H41F7O3. The minimum atomic E-state index is -5.11. The fourth-order valence-electron chi connectivity index (χ4n) is 4.84. The van der Waals surface area contributed by atoms with Crippen molar-refractivity contribution >= 4 is 0 Å². The maximum absolute atomic E-state index is 13.4. The van der Waals surface area contributed by atoms with Crippen molar-refractivity contribution in [3.8, 4) is 39.5 Å². The summed E-state index contributed by atoms with van der Waals surface area (Å²) in [7, 11) is 0. The lowest BCUT2D eigenvalue weighted by Crippen LogP contribution is -2.11. The van der Waals surface area contributed by atoms with E-state index in [-0.39, 0.29) is 16.9 Å². The van der Waals surface area contributed by atoms with Crippen LogP contribution < -0.4 is 14.4 Å². The Balaban J connectivity index is 0.000000275. The number of alkyl halides is 4. The van der Waals surface area contributed by atoms with E-state index in [1.54, 1.807) is 0 Å². The van der Waals surface area contributed by atoms with Gasteiger partial charge in [0.15, 0.2) is 5.75 Å². The second-order valence-corrected chi connectivity index (χ2v) is 11.3. The monoisotopic (exact) mass is 678 g/mol. The lowest BCUT2D eigenvalue weighted by atomic mass is 10.0. The van der Waals surface area contributed by atoms with Gasteiger partial charge in [0.1, 0.15) is 35.4 Å². The van der Waals surface area contributed by atoms with Gasteiger partial charge in [-0.05, 0) is 77.1 Å². The summed E-state index contributed by atoms with van der Waals surface area (Å²) in [5.74, 6) is -1.88. The fourth-order valence-corrected chi connectivity index (χ4v) is 4.84. The molecule has 10 heteroatoms. The molecule has 0 saturated carbocycles. The van der Waals surface area contributed by atoms with E-state index < -0.39 is 30.0 Å². The summed E-state index contributed by atoms with van der Waals surface area (Å²) < 4.78 is 101. The Labute approximate surface area is 277 Å². The predicted octanol–water partition coefficient (Wildman–Crippen LogP) is 12.7. The molecule has 0 N–H and O–H groups in total. The molecule has 0 fully saturated rings. The third-order valence-electron chi connectivity index (χ3n) is 7.46. The Bertz CT molecular complexity index is 1470. The summed E-state index contributed by atoms with van der Waals surface area (Å²) in [6.45, 7) is 5.43. The molecule has 0 spiro atoms. The average Bonchev–Trinajstić information content (AvgIpc) is 3.07. The summed E-state index contributed by atoms with van der Waals surface area (Å²) in [5.41, 5.74) is 0.963. The van der Waals surface area contributed by atoms with Gasteiger partial charge in [-0.15, -0.1) is 0 Å². The number of hydrogen-bond acceptors (Lipinski definition) is 3. The number of halogens is 7. The van der Waals surface area contributed by atoms with Crippen LogP contribution in [0.1, 0.15) is 76.3 Å². The van der Waals surface area contributed by atoms with E-state index in [4.69, 9.17) is 9.47 Å². The zero-order valence-electron chi connectivity index (χ0n) is 27.2. The highest BCUT2D eigenvalue weighted by molar-refractivity contribution is 5.68. The molecule has 4 rings (SSSR count). The topological polar surface area (TPSA) is 27.7 Å². The Kier molecular flexibility index (Phi) is 15.6. The lowest BCUT2D eigenvalue weighted by Gasteiger charge is -2.13. The predicted molar refractivity (Wildman–Crippen MR) is 174 cm³/mol. The number of rotatable bonds is 16. The summed E-state index contributed by atoms with van der Waals surface area (Å²) in [6.07, 6.45) is 4.35. The highest BCUT2D eigenvalue weighted by Gasteiger charge is 2.38. The molecule has 260 valence electrons. The Morgan fingerprint density at radius 2 is 1.00 bits per heavy atom. The lowest BCUT2D eigenvalue weighted by molar-refractivity contribution is -0.142. The van der Waals surface area contributed by atoms with Gasteiger partial charge in [0.2, 0.25) is 0 Å². The second kappa shape index (κ2) is 19.6. The van der Waals surface area contributed by atoms with Gasteiger partial charge in [-0.1, -0.05) is 88.8 Å². The summed E-state index contributed by atoms with van der Waals surface area (Å²) in [6, 6.07) is 19.7. The van der Waals surface area contributed by atoms with Crippen LogP contribution in [0.4, 0.5) is 30.9 Å². The molecule has 0 atom stereocenters. The van der Waals surface area contributed by atoms with Gasteiger partial charge in [0.25, 0.3) is 0 Å². The molecule has 4 aromatic carbocycles. The van der Waals surface area contributed by atoms with E-state index in [1.807, 2.05) is 42.5 Å². The average molecular weight is 679 g/mol. The van der Waals surface area contributed by atoms with Gasteiger partial charge >= 0.3 is 6.18 Å². The Morgan fingerprint density at radius 3 is 1.42 bits per heavy atom. The van der Waals surface area contributed by atoms with E-state index in [1.165, 1.54) is 62.8 Å². The first-order valence-electron chi connectivity index (χ1n) is 16.1. The molecule has 4 aromatic rings. The molecule has 0 aliphatic rings. The van der Waals surface area contributed by atoms with Crippen LogP contribution in [0.25, 0.3) is 22.3 Å². The molecule has 0 aromatic heterocycles. The molecule has 0 heterocycles. The maximum Gasteiger partial charge on any atom is 0.422 e. The molecule has 0 radical (unpaired) electrons. The summed E-state index contributed by atoms with van der Waals surface area (Å²) in [5, 5.41) is 0.